The summed E-state index contributed by atoms with van der Waals surface area (Å²) in [7, 11) is 0. The van der Waals surface area contributed by atoms with Crippen LogP contribution in [0.15, 0.2) is 40.0 Å². The lowest BCUT2D eigenvalue weighted by Gasteiger charge is -2.03. The van der Waals surface area contributed by atoms with Gasteiger partial charge in [-0.25, -0.2) is 0 Å². The minimum Gasteiger partial charge on any atom is -0.360 e. The van der Waals surface area contributed by atoms with Crippen molar-refractivity contribution in [3.63, 3.8) is 0 Å². The molecule has 0 fully saturated rings. The van der Waals surface area contributed by atoms with Gasteiger partial charge < -0.3 is 4.52 Å². The van der Waals surface area contributed by atoms with Crippen LogP contribution < -0.4 is 5.43 Å². The number of hydrogen-bond acceptors (Lipinski definition) is 4. The second-order valence-electron chi connectivity index (χ2n) is 4.09. The Kier molecular flexibility index (Phi) is 3.77. The van der Waals surface area contributed by atoms with Gasteiger partial charge in [-0.2, -0.15) is 5.10 Å². The lowest BCUT2D eigenvalue weighted by molar-refractivity contribution is 0.383. The molecule has 1 N–H and O–H groups in total. The van der Waals surface area contributed by atoms with Gasteiger partial charge in [-0.3, -0.25) is 5.43 Å². The molecule has 2 rings (SSSR count). The Morgan fingerprint density at radius 3 is 2.72 bits per heavy atom. The second-order valence-corrected chi connectivity index (χ2v) is 4.09. The maximum atomic E-state index is 5.26. The summed E-state index contributed by atoms with van der Waals surface area (Å²) < 4.78 is 5.26. The Hall–Kier alpha value is -2.10. The van der Waals surface area contributed by atoms with Gasteiger partial charge in [0.05, 0.1) is 22.7 Å². The summed E-state index contributed by atoms with van der Waals surface area (Å²) in [5, 5.41) is 8.35. The molecule has 0 aliphatic carbocycles. The van der Waals surface area contributed by atoms with E-state index in [2.05, 4.69) is 15.7 Å². The smallest absolute Gasteiger partial charge is 0.145 e. The molecule has 2 aromatic rings. The maximum Gasteiger partial charge on any atom is 0.145 e. The van der Waals surface area contributed by atoms with Crippen molar-refractivity contribution in [1.82, 2.24) is 5.16 Å². The Bertz CT molecular complexity index is 543. The third kappa shape index (κ3) is 2.59. The number of hydrogen-bond donors (Lipinski definition) is 1. The molecule has 18 heavy (non-hydrogen) atoms. The Morgan fingerprint density at radius 2 is 2.06 bits per heavy atom. The molecule has 0 amide bonds. The van der Waals surface area contributed by atoms with E-state index in [0.717, 1.165) is 34.8 Å². The Balaban J connectivity index is 2.20. The topological polar surface area (TPSA) is 50.4 Å². The first-order valence-electron chi connectivity index (χ1n) is 6.03. The van der Waals surface area contributed by atoms with Crippen LogP contribution in [0.5, 0.6) is 0 Å². The number of aromatic nitrogens is 1. The van der Waals surface area contributed by atoms with Crippen molar-refractivity contribution in [2.24, 2.45) is 5.10 Å². The fourth-order valence-corrected chi connectivity index (χ4v) is 1.84. The first kappa shape index (κ1) is 12.4. The predicted molar refractivity (Wildman–Crippen MR) is 72.9 cm³/mol. The molecule has 0 saturated carbocycles. The first-order valence-corrected chi connectivity index (χ1v) is 6.03. The molecule has 4 heteroatoms. The van der Waals surface area contributed by atoms with Crippen molar-refractivity contribution in [2.75, 3.05) is 5.43 Å². The van der Waals surface area contributed by atoms with E-state index in [1.807, 2.05) is 51.1 Å². The molecule has 1 heterocycles. The van der Waals surface area contributed by atoms with E-state index in [1.165, 1.54) is 0 Å². The van der Waals surface area contributed by atoms with E-state index < -0.39 is 0 Å². The van der Waals surface area contributed by atoms with Gasteiger partial charge >= 0.3 is 0 Å². The zero-order valence-electron chi connectivity index (χ0n) is 10.9. The molecule has 0 unspecified atom stereocenters. The summed E-state index contributed by atoms with van der Waals surface area (Å²) in [6, 6.07) is 9.85. The number of para-hydroxylation sites is 1. The largest absolute Gasteiger partial charge is 0.360 e. The molecule has 94 valence electrons. The number of aryl methyl sites for hydroxylation is 2. The molecular weight excluding hydrogens is 226 g/mol. The zero-order valence-corrected chi connectivity index (χ0v) is 10.9. The van der Waals surface area contributed by atoms with Crippen molar-refractivity contribution >= 4 is 11.4 Å². The fourth-order valence-electron chi connectivity index (χ4n) is 1.84. The average Bonchev–Trinajstić information content (AvgIpc) is 2.78. The van der Waals surface area contributed by atoms with Gasteiger partial charge in [0.2, 0.25) is 0 Å². The highest BCUT2D eigenvalue weighted by molar-refractivity contribution is 6.00. The van der Waals surface area contributed by atoms with Gasteiger partial charge in [0, 0.05) is 6.42 Å². The van der Waals surface area contributed by atoms with Crippen molar-refractivity contribution in [3.8, 4) is 0 Å². The van der Waals surface area contributed by atoms with Crippen molar-refractivity contribution in [2.45, 2.75) is 27.2 Å². The SMILES string of the molecule is CCc1onc(C)c1/C(C)=N/Nc1ccccc1. The average molecular weight is 243 g/mol. The highest BCUT2D eigenvalue weighted by Gasteiger charge is 2.13. The van der Waals surface area contributed by atoms with E-state index in [4.69, 9.17) is 4.52 Å². The maximum absolute atomic E-state index is 5.26. The summed E-state index contributed by atoms with van der Waals surface area (Å²) in [5.41, 5.74) is 6.75. The third-order valence-electron chi connectivity index (χ3n) is 2.74. The molecule has 0 spiro atoms. The third-order valence-corrected chi connectivity index (χ3v) is 2.74. The molecule has 0 bridgehead atoms. The van der Waals surface area contributed by atoms with Crippen LogP contribution in [0.3, 0.4) is 0 Å². The van der Waals surface area contributed by atoms with E-state index in [-0.39, 0.29) is 0 Å². The summed E-state index contributed by atoms with van der Waals surface area (Å²) >= 11 is 0. The van der Waals surface area contributed by atoms with Crippen LogP contribution in [-0.2, 0) is 6.42 Å². The van der Waals surface area contributed by atoms with Gasteiger partial charge in [0.25, 0.3) is 0 Å². The van der Waals surface area contributed by atoms with Crippen molar-refractivity contribution < 1.29 is 4.52 Å². The quantitative estimate of drug-likeness (QED) is 0.661. The minimum absolute atomic E-state index is 0.814. The van der Waals surface area contributed by atoms with Crippen LogP contribution in [-0.4, -0.2) is 10.9 Å². The normalized spacial score (nSPS) is 11.6. The van der Waals surface area contributed by atoms with E-state index in [1.54, 1.807) is 0 Å². The molecule has 0 aliphatic heterocycles. The number of anilines is 1. The molecular formula is C14H17N3O. The number of nitrogens with zero attached hydrogens (tertiary/aromatic N) is 2. The number of hydrazone groups is 1. The fraction of sp³-hybridized carbons (Fsp3) is 0.286. The van der Waals surface area contributed by atoms with Gasteiger partial charge in [0.1, 0.15) is 5.76 Å². The molecule has 0 aliphatic rings. The number of benzene rings is 1. The highest BCUT2D eigenvalue weighted by Crippen LogP contribution is 2.15. The number of nitrogens with one attached hydrogen (secondary N) is 1. The highest BCUT2D eigenvalue weighted by atomic mass is 16.5. The minimum atomic E-state index is 0.814. The van der Waals surface area contributed by atoms with Crippen LogP contribution in [0.1, 0.15) is 30.9 Å². The van der Waals surface area contributed by atoms with Gasteiger partial charge in [-0.15, -0.1) is 0 Å². The Labute approximate surface area is 107 Å². The van der Waals surface area contributed by atoms with Crippen LogP contribution in [0.2, 0.25) is 0 Å². The lowest BCUT2D eigenvalue weighted by atomic mass is 10.1. The molecule has 4 nitrogen and oxygen atoms in total. The van der Waals surface area contributed by atoms with Crippen LogP contribution in [0.25, 0.3) is 0 Å². The summed E-state index contributed by atoms with van der Waals surface area (Å²) in [4.78, 5) is 0. The van der Waals surface area contributed by atoms with Gasteiger partial charge in [0.15, 0.2) is 0 Å². The number of rotatable bonds is 4. The molecule has 1 aromatic carbocycles. The molecule has 0 saturated heterocycles. The van der Waals surface area contributed by atoms with Crippen LogP contribution >= 0.6 is 0 Å². The summed E-state index contributed by atoms with van der Waals surface area (Å²) in [6.07, 6.45) is 0.814. The van der Waals surface area contributed by atoms with Gasteiger partial charge in [-0.1, -0.05) is 30.3 Å². The lowest BCUT2D eigenvalue weighted by Crippen LogP contribution is -2.03. The van der Waals surface area contributed by atoms with E-state index in [0.29, 0.717) is 0 Å². The summed E-state index contributed by atoms with van der Waals surface area (Å²) in [5.74, 6) is 0.878. The standard InChI is InChI=1S/C14H17N3O/c1-4-13-14(11(3)17-18-13)10(2)15-16-12-8-6-5-7-9-12/h5-9,16H,4H2,1-3H3/b15-10+. The first-order chi connectivity index (χ1) is 8.72. The Morgan fingerprint density at radius 1 is 1.33 bits per heavy atom. The van der Waals surface area contributed by atoms with E-state index in [9.17, 15) is 0 Å². The molecule has 0 radical (unpaired) electrons. The summed E-state index contributed by atoms with van der Waals surface area (Å²) in [6.45, 7) is 5.93. The van der Waals surface area contributed by atoms with Crippen LogP contribution in [0, 0.1) is 6.92 Å². The van der Waals surface area contributed by atoms with Crippen molar-refractivity contribution in [1.29, 1.82) is 0 Å². The van der Waals surface area contributed by atoms with Crippen molar-refractivity contribution in [3.05, 3.63) is 47.3 Å². The van der Waals surface area contributed by atoms with Crippen LogP contribution in [0.4, 0.5) is 5.69 Å². The van der Waals surface area contributed by atoms with E-state index >= 15 is 0 Å². The second kappa shape index (κ2) is 5.49. The van der Waals surface area contributed by atoms with Gasteiger partial charge in [-0.05, 0) is 26.0 Å². The monoisotopic (exact) mass is 243 g/mol. The molecule has 1 aromatic heterocycles. The molecule has 0 atom stereocenters. The predicted octanol–water partition coefficient (Wildman–Crippen LogP) is 3.38. The zero-order chi connectivity index (χ0) is 13.0.